The zero-order valence-corrected chi connectivity index (χ0v) is 9.56. The van der Waals surface area contributed by atoms with Crippen LogP contribution in [-0.4, -0.2) is 8.07 Å². The van der Waals surface area contributed by atoms with Crippen LogP contribution in [0.1, 0.15) is 19.3 Å². The molecule has 0 unspecified atom stereocenters. The first-order valence-electron chi connectivity index (χ1n) is 4.92. The fourth-order valence-electron chi connectivity index (χ4n) is 1.52. The fourth-order valence-corrected chi connectivity index (χ4v) is 2.76. The van der Waals surface area contributed by atoms with Gasteiger partial charge >= 0.3 is 0 Å². The summed E-state index contributed by atoms with van der Waals surface area (Å²) in [6, 6.07) is 1.48. The third-order valence-corrected chi connectivity index (χ3v) is 4.13. The van der Waals surface area contributed by atoms with E-state index in [-0.39, 0.29) is 0 Å². The molecule has 0 aromatic heterocycles. The van der Waals surface area contributed by atoms with Crippen molar-refractivity contribution >= 4 is 8.07 Å². The summed E-state index contributed by atoms with van der Waals surface area (Å²) < 4.78 is 0. The van der Waals surface area contributed by atoms with E-state index in [4.69, 9.17) is 0 Å². The van der Waals surface area contributed by atoms with Gasteiger partial charge in [-0.15, -0.1) is 0 Å². The second kappa shape index (κ2) is 4.08. The molecule has 0 heterocycles. The van der Waals surface area contributed by atoms with Gasteiger partial charge in [0.05, 0.1) is 0 Å². The smallest absolute Gasteiger partial charge is 0.0442 e. The lowest BCUT2D eigenvalue weighted by molar-refractivity contribution is 0.871. The van der Waals surface area contributed by atoms with Crippen molar-refractivity contribution in [3.63, 3.8) is 0 Å². The zero-order chi connectivity index (χ0) is 9.03. The monoisotopic (exact) mass is 180 g/mol. The maximum absolute atomic E-state index is 2.45. The molecule has 0 N–H and O–H groups in total. The first-order valence-corrected chi connectivity index (χ1v) is 8.63. The predicted octanol–water partition coefficient (Wildman–Crippen LogP) is 3.99. The van der Waals surface area contributed by atoms with E-state index in [0.717, 1.165) is 0 Å². The molecule has 0 aromatic carbocycles. The van der Waals surface area contributed by atoms with Crippen molar-refractivity contribution in [1.82, 2.24) is 0 Å². The minimum Gasteiger partial charge on any atom is -0.0805 e. The average molecular weight is 180 g/mol. The van der Waals surface area contributed by atoms with Crippen LogP contribution in [0, 0.1) is 0 Å². The molecule has 1 heteroatoms. The Bertz CT molecular complexity index is 194. The fraction of sp³-hybridized carbons (Fsp3) is 0.636. The van der Waals surface area contributed by atoms with Gasteiger partial charge in [0.2, 0.25) is 0 Å². The second-order valence-corrected chi connectivity index (χ2v) is 10.5. The molecule has 12 heavy (non-hydrogen) atoms. The molecule has 0 saturated heterocycles. The van der Waals surface area contributed by atoms with Crippen LogP contribution < -0.4 is 0 Å². The minimum absolute atomic E-state index is 0.777. The van der Waals surface area contributed by atoms with Crippen molar-refractivity contribution < 1.29 is 0 Å². The van der Waals surface area contributed by atoms with Crippen LogP contribution in [0.5, 0.6) is 0 Å². The molecule has 0 saturated carbocycles. The van der Waals surface area contributed by atoms with Crippen molar-refractivity contribution in [2.24, 2.45) is 0 Å². The molecule has 0 aliphatic heterocycles. The van der Waals surface area contributed by atoms with Gasteiger partial charge in [-0.2, -0.15) is 0 Å². The molecule has 0 amide bonds. The molecule has 68 valence electrons. The molecule has 0 atom stereocenters. The third-order valence-electron chi connectivity index (χ3n) is 2.27. The molecule has 0 spiro atoms. The van der Waals surface area contributed by atoms with E-state index in [2.05, 4.69) is 37.9 Å². The molecular formula is C11H20Si. The maximum Gasteiger partial charge on any atom is 0.0442 e. The first kappa shape index (κ1) is 9.78. The average Bonchev–Trinajstić information content (AvgIpc) is 2.36. The van der Waals surface area contributed by atoms with E-state index in [1.807, 2.05) is 0 Å². The first-order chi connectivity index (χ1) is 5.58. The Hall–Kier alpha value is -0.303. The number of hydrogen-bond donors (Lipinski definition) is 0. The SMILES string of the molecule is C[Si](C)(C)CCCC1=CC=CC1. The topological polar surface area (TPSA) is 0 Å². The van der Waals surface area contributed by atoms with E-state index in [1.54, 1.807) is 5.57 Å². The van der Waals surface area contributed by atoms with Gasteiger partial charge in [0.25, 0.3) is 0 Å². The molecular weight excluding hydrogens is 160 g/mol. The molecule has 1 aliphatic rings. The quantitative estimate of drug-likeness (QED) is 0.574. The highest BCUT2D eigenvalue weighted by Gasteiger charge is 2.12. The number of rotatable bonds is 4. The van der Waals surface area contributed by atoms with Gasteiger partial charge in [-0.05, 0) is 12.8 Å². The van der Waals surface area contributed by atoms with E-state index >= 15 is 0 Å². The van der Waals surface area contributed by atoms with Gasteiger partial charge in [0, 0.05) is 8.07 Å². The summed E-state index contributed by atoms with van der Waals surface area (Å²) in [6.07, 6.45) is 10.7. The molecule has 0 fully saturated rings. The molecule has 0 nitrogen and oxygen atoms in total. The minimum atomic E-state index is -0.777. The lowest BCUT2D eigenvalue weighted by atomic mass is 10.1. The van der Waals surface area contributed by atoms with Crippen LogP contribution in [0.15, 0.2) is 23.8 Å². The summed E-state index contributed by atoms with van der Waals surface area (Å²) in [5.41, 5.74) is 1.63. The summed E-state index contributed by atoms with van der Waals surface area (Å²) in [5.74, 6) is 0. The molecule has 0 radical (unpaired) electrons. The van der Waals surface area contributed by atoms with E-state index in [0.29, 0.717) is 0 Å². The Balaban J connectivity index is 2.11. The van der Waals surface area contributed by atoms with Gasteiger partial charge in [-0.25, -0.2) is 0 Å². The van der Waals surface area contributed by atoms with Gasteiger partial charge < -0.3 is 0 Å². The Morgan fingerprint density at radius 3 is 2.58 bits per heavy atom. The molecule has 1 aliphatic carbocycles. The van der Waals surface area contributed by atoms with Crippen LogP contribution in [0.4, 0.5) is 0 Å². The van der Waals surface area contributed by atoms with Gasteiger partial charge in [0.15, 0.2) is 0 Å². The van der Waals surface area contributed by atoms with Crippen molar-refractivity contribution in [2.45, 2.75) is 44.9 Å². The third kappa shape index (κ3) is 3.91. The van der Waals surface area contributed by atoms with Gasteiger partial charge in [0.1, 0.15) is 0 Å². The predicted molar refractivity (Wildman–Crippen MR) is 59.2 cm³/mol. The Morgan fingerprint density at radius 1 is 1.33 bits per heavy atom. The standard InChI is InChI=1S/C11H20Si/c1-12(2,3)10-6-9-11-7-4-5-8-11/h4-5,7H,6,8-10H2,1-3H3. The summed E-state index contributed by atoms with van der Waals surface area (Å²) in [7, 11) is -0.777. The Kier molecular flexibility index (Phi) is 3.33. The Labute approximate surface area is 77.4 Å². The van der Waals surface area contributed by atoms with Crippen molar-refractivity contribution in [3.8, 4) is 0 Å². The van der Waals surface area contributed by atoms with Crippen molar-refractivity contribution in [3.05, 3.63) is 23.8 Å². The van der Waals surface area contributed by atoms with Crippen LogP contribution >= 0.6 is 0 Å². The number of hydrogen-bond acceptors (Lipinski definition) is 0. The van der Waals surface area contributed by atoms with Crippen LogP contribution in [-0.2, 0) is 0 Å². The highest BCUT2D eigenvalue weighted by Crippen LogP contribution is 2.20. The van der Waals surface area contributed by atoms with E-state index in [1.165, 1.54) is 25.3 Å². The van der Waals surface area contributed by atoms with Crippen LogP contribution in [0.3, 0.4) is 0 Å². The van der Waals surface area contributed by atoms with Gasteiger partial charge in [-0.1, -0.05) is 55.9 Å². The highest BCUT2D eigenvalue weighted by molar-refractivity contribution is 6.76. The largest absolute Gasteiger partial charge is 0.0805 e. The van der Waals surface area contributed by atoms with Crippen molar-refractivity contribution in [2.75, 3.05) is 0 Å². The van der Waals surface area contributed by atoms with Crippen LogP contribution in [0.25, 0.3) is 0 Å². The normalized spacial score (nSPS) is 16.8. The van der Waals surface area contributed by atoms with Crippen molar-refractivity contribution in [1.29, 1.82) is 0 Å². The lowest BCUT2D eigenvalue weighted by Gasteiger charge is -2.15. The summed E-state index contributed by atoms with van der Waals surface area (Å²) >= 11 is 0. The molecule has 0 bridgehead atoms. The maximum atomic E-state index is 2.45. The lowest BCUT2D eigenvalue weighted by Crippen LogP contribution is -2.18. The van der Waals surface area contributed by atoms with E-state index in [9.17, 15) is 0 Å². The van der Waals surface area contributed by atoms with Gasteiger partial charge in [-0.3, -0.25) is 0 Å². The Morgan fingerprint density at radius 2 is 2.08 bits per heavy atom. The second-order valence-electron chi connectivity index (χ2n) is 4.87. The molecule has 1 rings (SSSR count). The molecule has 0 aromatic rings. The van der Waals surface area contributed by atoms with E-state index < -0.39 is 8.07 Å². The summed E-state index contributed by atoms with van der Waals surface area (Å²) in [6.45, 7) is 7.36. The zero-order valence-electron chi connectivity index (χ0n) is 8.56. The summed E-state index contributed by atoms with van der Waals surface area (Å²) in [4.78, 5) is 0. The number of allylic oxidation sites excluding steroid dienone is 4. The highest BCUT2D eigenvalue weighted by atomic mass is 28.3. The summed E-state index contributed by atoms with van der Waals surface area (Å²) in [5, 5.41) is 0. The van der Waals surface area contributed by atoms with Crippen LogP contribution in [0.2, 0.25) is 25.7 Å².